The van der Waals surface area contributed by atoms with Crippen molar-refractivity contribution in [2.45, 2.75) is 13.0 Å². The van der Waals surface area contributed by atoms with Gasteiger partial charge in [-0.3, -0.25) is 10.1 Å². The summed E-state index contributed by atoms with van der Waals surface area (Å²) in [5.41, 5.74) is 0.521. The van der Waals surface area contributed by atoms with Crippen LogP contribution in [0.2, 0.25) is 0 Å². The summed E-state index contributed by atoms with van der Waals surface area (Å²) >= 11 is 0. The van der Waals surface area contributed by atoms with Gasteiger partial charge in [0.05, 0.1) is 6.07 Å². The van der Waals surface area contributed by atoms with Crippen LogP contribution in [-0.4, -0.2) is 21.1 Å². The summed E-state index contributed by atoms with van der Waals surface area (Å²) < 4.78 is 28.4. The van der Waals surface area contributed by atoms with Gasteiger partial charge in [-0.05, 0) is 43.3 Å². The lowest BCUT2D eigenvalue weighted by atomic mass is 10.2. The van der Waals surface area contributed by atoms with Gasteiger partial charge >= 0.3 is 11.9 Å². The maximum Gasteiger partial charge on any atom is 0.433 e. The molecule has 0 aliphatic heterocycles. The zero-order chi connectivity index (χ0) is 19.4. The summed E-state index contributed by atoms with van der Waals surface area (Å²) in [6, 6.07) is 7.99. The van der Waals surface area contributed by atoms with E-state index in [9.17, 15) is 19.3 Å². The smallest absolute Gasteiger partial charge is 0.433 e. The third kappa shape index (κ3) is 4.42. The lowest BCUT2D eigenvalue weighted by Crippen LogP contribution is -2.06. The number of halogens is 1. The van der Waals surface area contributed by atoms with E-state index in [1.54, 1.807) is 0 Å². The zero-order valence-electron chi connectivity index (χ0n) is 13.9. The minimum atomic E-state index is -0.838. The van der Waals surface area contributed by atoms with E-state index in [0.29, 0.717) is 5.56 Å². The van der Waals surface area contributed by atoms with E-state index in [4.69, 9.17) is 13.6 Å². The van der Waals surface area contributed by atoms with Gasteiger partial charge in [0.1, 0.15) is 16.5 Å². The minimum absolute atomic E-state index is 0.0599. The molecule has 0 unspecified atom stereocenters. The second-order valence-corrected chi connectivity index (χ2v) is 5.30. The Morgan fingerprint density at radius 3 is 2.63 bits per heavy atom. The van der Waals surface area contributed by atoms with E-state index in [-0.39, 0.29) is 17.5 Å². The van der Waals surface area contributed by atoms with Crippen LogP contribution in [0.5, 0.6) is 0 Å². The van der Waals surface area contributed by atoms with Crippen LogP contribution in [-0.2, 0) is 9.53 Å². The molecule has 1 atom stereocenters. The van der Waals surface area contributed by atoms with E-state index in [1.807, 2.05) is 0 Å². The van der Waals surface area contributed by atoms with E-state index in [1.165, 1.54) is 49.4 Å². The van der Waals surface area contributed by atoms with E-state index in [0.717, 1.165) is 6.08 Å². The molecule has 0 saturated heterocycles. The van der Waals surface area contributed by atoms with Crippen LogP contribution in [0, 0.1) is 15.9 Å². The normalized spacial score (nSPS) is 12.2. The Labute approximate surface area is 151 Å². The molecule has 0 spiro atoms. The lowest BCUT2D eigenvalue weighted by molar-refractivity contribution is -0.402. The molecule has 0 bridgehead atoms. The SMILES string of the molecule is C[C@H](OC(=O)/C=C/c1ccc([N+](=O)[O-])o1)c1nnc(-c2ccc(F)cc2)o1. The fourth-order valence-corrected chi connectivity index (χ4v) is 2.05. The Hall–Kier alpha value is -3.82. The van der Waals surface area contributed by atoms with Crippen LogP contribution in [0.4, 0.5) is 10.3 Å². The molecule has 9 nitrogen and oxygen atoms in total. The van der Waals surface area contributed by atoms with Crippen molar-refractivity contribution in [2.75, 3.05) is 0 Å². The first-order chi connectivity index (χ1) is 12.9. The molecule has 10 heteroatoms. The quantitative estimate of drug-likeness (QED) is 0.277. The van der Waals surface area contributed by atoms with Crippen molar-refractivity contribution in [1.82, 2.24) is 10.2 Å². The summed E-state index contributed by atoms with van der Waals surface area (Å²) in [6.45, 7) is 1.53. The number of benzene rings is 1. The highest BCUT2D eigenvalue weighted by Crippen LogP contribution is 2.23. The van der Waals surface area contributed by atoms with Gasteiger partial charge in [0, 0.05) is 11.6 Å². The van der Waals surface area contributed by atoms with Crippen LogP contribution in [0.3, 0.4) is 0 Å². The van der Waals surface area contributed by atoms with Gasteiger partial charge in [-0.2, -0.15) is 0 Å². The second-order valence-electron chi connectivity index (χ2n) is 5.30. The maximum atomic E-state index is 12.9. The molecule has 0 fully saturated rings. The average Bonchev–Trinajstić information content (AvgIpc) is 3.30. The minimum Gasteiger partial charge on any atom is -0.449 e. The van der Waals surface area contributed by atoms with Gasteiger partial charge < -0.3 is 13.6 Å². The third-order valence-electron chi connectivity index (χ3n) is 3.35. The van der Waals surface area contributed by atoms with Gasteiger partial charge in [0.2, 0.25) is 5.89 Å². The Morgan fingerprint density at radius 2 is 1.96 bits per heavy atom. The number of carbonyl (C=O) groups excluding carboxylic acids is 1. The maximum absolute atomic E-state index is 12.9. The molecule has 138 valence electrons. The molecule has 3 aromatic rings. The number of hydrogen-bond donors (Lipinski definition) is 0. The topological polar surface area (TPSA) is 122 Å². The summed E-state index contributed by atoms with van der Waals surface area (Å²) in [7, 11) is 0. The molecule has 3 rings (SSSR count). The number of nitrogens with zero attached hydrogens (tertiary/aromatic N) is 3. The molecule has 2 heterocycles. The predicted molar refractivity (Wildman–Crippen MR) is 88.6 cm³/mol. The first kappa shape index (κ1) is 18.0. The number of rotatable bonds is 6. The molecule has 27 heavy (non-hydrogen) atoms. The van der Waals surface area contributed by atoms with E-state index in [2.05, 4.69) is 10.2 Å². The highest BCUT2D eigenvalue weighted by molar-refractivity contribution is 5.86. The van der Waals surface area contributed by atoms with Crippen LogP contribution >= 0.6 is 0 Å². The molecule has 0 radical (unpaired) electrons. The highest BCUT2D eigenvalue weighted by Gasteiger charge is 2.18. The van der Waals surface area contributed by atoms with Crippen molar-refractivity contribution in [2.24, 2.45) is 0 Å². The number of furan rings is 1. The van der Waals surface area contributed by atoms with Crippen molar-refractivity contribution >= 4 is 17.9 Å². The average molecular weight is 373 g/mol. The van der Waals surface area contributed by atoms with Gasteiger partial charge in [0.15, 0.2) is 6.10 Å². The second kappa shape index (κ2) is 7.60. The number of hydrogen-bond acceptors (Lipinski definition) is 8. The van der Waals surface area contributed by atoms with Crippen LogP contribution in [0.15, 0.2) is 51.3 Å². The number of aromatic nitrogens is 2. The molecular formula is C17H12FN3O6. The molecule has 0 saturated carbocycles. The fraction of sp³-hybridized carbons (Fsp3) is 0.118. The molecule has 1 aromatic carbocycles. The molecule has 2 aromatic heterocycles. The summed E-state index contributed by atoms with van der Waals surface area (Å²) in [5, 5.41) is 18.2. The first-order valence-corrected chi connectivity index (χ1v) is 7.64. The molecular weight excluding hydrogens is 361 g/mol. The van der Waals surface area contributed by atoms with Gasteiger partial charge in [-0.15, -0.1) is 10.2 Å². The monoisotopic (exact) mass is 373 g/mol. The zero-order valence-corrected chi connectivity index (χ0v) is 13.9. The van der Waals surface area contributed by atoms with Crippen molar-refractivity contribution in [3.63, 3.8) is 0 Å². The number of nitro groups is 1. The Kier molecular flexibility index (Phi) is 5.06. The Morgan fingerprint density at radius 1 is 1.22 bits per heavy atom. The molecule has 0 amide bonds. The van der Waals surface area contributed by atoms with E-state index >= 15 is 0 Å². The summed E-state index contributed by atoms with van der Waals surface area (Å²) in [4.78, 5) is 21.7. The number of carbonyl (C=O) groups is 1. The predicted octanol–water partition coefficient (Wildman–Crippen LogP) is 3.69. The van der Waals surface area contributed by atoms with Crippen molar-refractivity contribution in [1.29, 1.82) is 0 Å². The molecule has 0 aliphatic rings. The summed E-state index contributed by atoms with van der Waals surface area (Å²) in [5.74, 6) is -1.22. The van der Waals surface area contributed by atoms with Gasteiger partial charge in [-0.1, -0.05) is 0 Å². The highest BCUT2D eigenvalue weighted by atomic mass is 19.1. The third-order valence-corrected chi connectivity index (χ3v) is 3.35. The number of esters is 1. The molecule has 0 aliphatic carbocycles. The van der Waals surface area contributed by atoms with Crippen molar-refractivity contribution in [3.8, 4) is 11.5 Å². The first-order valence-electron chi connectivity index (χ1n) is 7.64. The van der Waals surface area contributed by atoms with Crippen LogP contribution < -0.4 is 0 Å². The Balaban J connectivity index is 1.61. The standard InChI is InChI=1S/C17H12FN3O6/c1-10(16-19-20-17(27-16)11-2-4-12(18)5-3-11)25-15(22)9-7-13-6-8-14(26-13)21(23)24/h2-10H,1H3/b9-7+/t10-/m0/s1. The lowest BCUT2D eigenvalue weighted by Gasteiger charge is -2.06. The number of ether oxygens (including phenoxy) is 1. The largest absolute Gasteiger partial charge is 0.449 e. The van der Waals surface area contributed by atoms with E-state index < -0.39 is 28.7 Å². The van der Waals surface area contributed by atoms with Crippen LogP contribution in [0.25, 0.3) is 17.5 Å². The fourth-order valence-electron chi connectivity index (χ4n) is 2.05. The van der Waals surface area contributed by atoms with Gasteiger partial charge in [-0.25, -0.2) is 9.18 Å². The summed E-state index contributed by atoms with van der Waals surface area (Å²) in [6.07, 6.45) is 1.45. The van der Waals surface area contributed by atoms with Crippen molar-refractivity contribution < 1.29 is 27.7 Å². The van der Waals surface area contributed by atoms with Crippen LogP contribution in [0.1, 0.15) is 24.7 Å². The van der Waals surface area contributed by atoms with Gasteiger partial charge in [0.25, 0.3) is 5.89 Å². The van der Waals surface area contributed by atoms with Crippen molar-refractivity contribution in [3.05, 3.63) is 70.1 Å². The molecule has 0 N–H and O–H groups in total. The Bertz CT molecular complexity index is 992.